The molecule has 0 radical (unpaired) electrons. The van der Waals surface area contributed by atoms with Gasteiger partial charge in [0.05, 0.1) is 6.54 Å². The van der Waals surface area contributed by atoms with Crippen molar-refractivity contribution in [2.45, 2.75) is 13.3 Å². The molecule has 2 N–H and O–H groups in total. The van der Waals surface area contributed by atoms with E-state index >= 15 is 0 Å². The van der Waals surface area contributed by atoms with E-state index in [-0.39, 0.29) is 19.0 Å². The zero-order chi connectivity index (χ0) is 15.8. The van der Waals surface area contributed by atoms with Gasteiger partial charge in [-0.05, 0) is 48.7 Å². The summed E-state index contributed by atoms with van der Waals surface area (Å²) >= 11 is 0. The summed E-state index contributed by atoms with van der Waals surface area (Å²) in [5, 5.41) is 11.5. The SMILES string of the molecule is CC(CNCC(=O)O)Cc1ccc(Oc2ccccc2)cc1.Cl. The highest BCUT2D eigenvalue weighted by Crippen LogP contribution is 2.21. The molecule has 23 heavy (non-hydrogen) atoms. The van der Waals surface area contributed by atoms with E-state index in [0.717, 1.165) is 17.9 Å². The molecule has 0 aliphatic carbocycles. The Labute approximate surface area is 142 Å². The average Bonchev–Trinajstić information content (AvgIpc) is 2.50. The summed E-state index contributed by atoms with van der Waals surface area (Å²) in [5.74, 6) is 1.18. The topological polar surface area (TPSA) is 58.6 Å². The Bertz CT molecular complexity index is 587. The van der Waals surface area contributed by atoms with Crippen LogP contribution in [-0.4, -0.2) is 24.2 Å². The van der Waals surface area contributed by atoms with Crippen molar-refractivity contribution in [3.05, 3.63) is 60.2 Å². The first-order valence-corrected chi connectivity index (χ1v) is 7.38. The van der Waals surface area contributed by atoms with E-state index in [9.17, 15) is 4.79 Å². The molecule has 0 aromatic heterocycles. The molecule has 0 amide bonds. The van der Waals surface area contributed by atoms with Crippen LogP contribution < -0.4 is 10.1 Å². The molecule has 0 aliphatic heterocycles. The summed E-state index contributed by atoms with van der Waals surface area (Å²) in [6.45, 7) is 2.80. The molecule has 4 nitrogen and oxygen atoms in total. The third-order valence-electron chi connectivity index (χ3n) is 3.26. The molecule has 1 unspecified atom stereocenters. The van der Waals surface area contributed by atoms with Gasteiger partial charge in [-0.1, -0.05) is 37.3 Å². The second-order valence-corrected chi connectivity index (χ2v) is 5.39. The minimum absolute atomic E-state index is 0. The van der Waals surface area contributed by atoms with Crippen molar-refractivity contribution in [1.82, 2.24) is 5.32 Å². The van der Waals surface area contributed by atoms with Gasteiger partial charge in [0.15, 0.2) is 0 Å². The molecular formula is C18H22ClNO3. The minimum atomic E-state index is -0.824. The van der Waals surface area contributed by atoms with Gasteiger partial charge in [-0.2, -0.15) is 0 Å². The van der Waals surface area contributed by atoms with Gasteiger partial charge in [0.1, 0.15) is 11.5 Å². The Balaban J connectivity index is 0.00000264. The van der Waals surface area contributed by atoms with Crippen LogP contribution in [0.3, 0.4) is 0 Å². The van der Waals surface area contributed by atoms with Crippen LogP contribution >= 0.6 is 12.4 Å². The van der Waals surface area contributed by atoms with Crippen molar-refractivity contribution in [2.75, 3.05) is 13.1 Å². The van der Waals surface area contributed by atoms with Crippen LogP contribution in [0.2, 0.25) is 0 Å². The highest BCUT2D eigenvalue weighted by Gasteiger charge is 2.05. The smallest absolute Gasteiger partial charge is 0.317 e. The maximum absolute atomic E-state index is 10.5. The predicted octanol–water partition coefficient (Wildman–Crippen LogP) is 3.75. The van der Waals surface area contributed by atoms with Gasteiger partial charge in [0.25, 0.3) is 0 Å². The molecule has 5 heteroatoms. The fourth-order valence-corrected chi connectivity index (χ4v) is 2.22. The van der Waals surface area contributed by atoms with Crippen LogP contribution in [0.1, 0.15) is 12.5 Å². The Morgan fingerprint density at radius 2 is 1.70 bits per heavy atom. The first-order valence-electron chi connectivity index (χ1n) is 7.38. The number of halogens is 1. The fraction of sp³-hybridized carbons (Fsp3) is 0.278. The zero-order valence-corrected chi connectivity index (χ0v) is 13.9. The van der Waals surface area contributed by atoms with Crippen LogP contribution in [0.4, 0.5) is 0 Å². The molecule has 2 rings (SSSR count). The molecule has 0 saturated heterocycles. The van der Waals surface area contributed by atoms with E-state index < -0.39 is 5.97 Å². The van der Waals surface area contributed by atoms with E-state index in [1.807, 2.05) is 54.6 Å². The fourth-order valence-electron chi connectivity index (χ4n) is 2.22. The molecule has 0 fully saturated rings. The van der Waals surface area contributed by atoms with Gasteiger partial charge >= 0.3 is 5.97 Å². The molecule has 124 valence electrons. The maximum Gasteiger partial charge on any atom is 0.317 e. The third kappa shape index (κ3) is 7.17. The highest BCUT2D eigenvalue weighted by molar-refractivity contribution is 5.85. The number of carboxylic acid groups (broad SMARTS) is 1. The van der Waals surface area contributed by atoms with E-state index in [4.69, 9.17) is 9.84 Å². The Kier molecular flexibility index (Phi) is 8.16. The van der Waals surface area contributed by atoms with E-state index in [1.54, 1.807) is 0 Å². The lowest BCUT2D eigenvalue weighted by molar-refractivity contribution is -0.135. The number of rotatable bonds is 8. The van der Waals surface area contributed by atoms with E-state index in [0.29, 0.717) is 12.5 Å². The lowest BCUT2D eigenvalue weighted by atomic mass is 10.0. The van der Waals surface area contributed by atoms with Crippen LogP contribution in [-0.2, 0) is 11.2 Å². The number of carbonyl (C=O) groups is 1. The van der Waals surface area contributed by atoms with Gasteiger partial charge in [-0.3, -0.25) is 4.79 Å². The molecule has 0 saturated carbocycles. The second kappa shape index (κ2) is 9.87. The number of carboxylic acids is 1. The van der Waals surface area contributed by atoms with Crippen molar-refractivity contribution >= 4 is 18.4 Å². The molecule has 0 spiro atoms. The van der Waals surface area contributed by atoms with Gasteiger partial charge in [0, 0.05) is 0 Å². The summed E-state index contributed by atoms with van der Waals surface area (Å²) in [6, 6.07) is 17.7. The number of hydrogen-bond donors (Lipinski definition) is 2. The summed E-state index contributed by atoms with van der Waals surface area (Å²) in [4.78, 5) is 10.5. The lowest BCUT2D eigenvalue weighted by Crippen LogP contribution is -2.27. The van der Waals surface area contributed by atoms with E-state index in [1.165, 1.54) is 5.56 Å². The van der Waals surface area contributed by atoms with Gasteiger partial charge in [-0.15, -0.1) is 12.4 Å². The molecule has 1 atom stereocenters. The summed E-state index contributed by atoms with van der Waals surface area (Å²) in [5.41, 5.74) is 1.21. The number of hydrogen-bond acceptors (Lipinski definition) is 3. The number of ether oxygens (including phenoxy) is 1. The van der Waals surface area contributed by atoms with Gasteiger partial charge < -0.3 is 15.2 Å². The van der Waals surface area contributed by atoms with Crippen LogP contribution in [0.15, 0.2) is 54.6 Å². The molecule has 0 heterocycles. The Hall–Kier alpha value is -2.04. The minimum Gasteiger partial charge on any atom is -0.480 e. The van der Waals surface area contributed by atoms with Crippen molar-refractivity contribution in [1.29, 1.82) is 0 Å². The Morgan fingerprint density at radius 3 is 2.30 bits per heavy atom. The quantitative estimate of drug-likeness (QED) is 0.771. The van der Waals surface area contributed by atoms with Crippen molar-refractivity contribution < 1.29 is 14.6 Å². The molecule has 0 bridgehead atoms. The van der Waals surface area contributed by atoms with Gasteiger partial charge in [-0.25, -0.2) is 0 Å². The normalized spacial score (nSPS) is 11.3. The first kappa shape index (κ1) is 19.0. The van der Waals surface area contributed by atoms with Crippen LogP contribution in [0.5, 0.6) is 11.5 Å². The number of nitrogens with one attached hydrogen (secondary N) is 1. The first-order chi connectivity index (χ1) is 10.6. The van der Waals surface area contributed by atoms with Crippen LogP contribution in [0, 0.1) is 5.92 Å². The number of para-hydroxylation sites is 1. The predicted molar refractivity (Wildman–Crippen MR) is 93.6 cm³/mol. The molecule has 2 aromatic carbocycles. The lowest BCUT2D eigenvalue weighted by Gasteiger charge is -2.12. The highest BCUT2D eigenvalue weighted by atomic mass is 35.5. The van der Waals surface area contributed by atoms with Crippen molar-refractivity contribution in [2.24, 2.45) is 5.92 Å². The monoisotopic (exact) mass is 335 g/mol. The standard InChI is InChI=1S/C18H21NO3.ClH/c1-14(12-19-13-18(20)21)11-15-7-9-17(10-8-15)22-16-5-3-2-4-6-16;/h2-10,14,19H,11-13H2,1H3,(H,20,21);1H. The summed E-state index contributed by atoms with van der Waals surface area (Å²) in [6.07, 6.45) is 0.901. The zero-order valence-electron chi connectivity index (χ0n) is 13.1. The largest absolute Gasteiger partial charge is 0.480 e. The van der Waals surface area contributed by atoms with Crippen molar-refractivity contribution in [3.8, 4) is 11.5 Å². The molecule has 2 aromatic rings. The second-order valence-electron chi connectivity index (χ2n) is 5.39. The van der Waals surface area contributed by atoms with Crippen LogP contribution in [0.25, 0.3) is 0 Å². The number of aliphatic carboxylic acids is 1. The average molecular weight is 336 g/mol. The Morgan fingerprint density at radius 1 is 1.09 bits per heavy atom. The van der Waals surface area contributed by atoms with Gasteiger partial charge in [0.2, 0.25) is 0 Å². The third-order valence-corrected chi connectivity index (χ3v) is 3.26. The number of benzene rings is 2. The summed E-state index contributed by atoms with van der Waals surface area (Å²) < 4.78 is 5.75. The molecule has 0 aliphatic rings. The van der Waals surface area contributed by atoms with Crippen molar-refractivity contribution in [3.63, 3.8) is 0 Å². The summed E-state index contributed by atoms with van der Waals surface area (Å²) in [7, 11) is 0. The maximum atomic E-state index is 10.5. The molecular weight excluding hydrogens is 314 g/mol. The van der Waals surface area contributed by atoms with E-state index in [2.05, 4.69) is 12.2 Å².